The van der Waals surface area contributed by atoms with Crippen LogP contribution in [-0.2, 0) is 28.7 Å². The van der Waals surface area contributed by atoms with E-state index in [0.717, 1.165) is 25.7 Å². The van der Waals surface area contributed by atoms with Crippen molar-refractivity contribution in [3.8, 4) is 0 Å². The van der Waals surface area contributed by atoms with E-state index in [9.17, 15) is 24.3 Å². The number of ether oxygens (including phenoxy) is 2. The van der Waals surface area contributed by atoms with Gasteiger partial charge in [0.05, 0.1) is 25.6 Å². The standard InChI is InChI=1S/C17H27NO7/c1-3-24-14(20)10-12(17(23)25-4-2)15(16(21)22)18-13(19)9-11-7-5-6-8-11/h11-12,15H,3-10H2,1-2H3,(H,18,19)(H,21,22)/t12-,15+/m1/s1. The van der Waals surface area contributed by atoms with E-state index in [4.69, 9.17) is 9.47 Å². The summed E-state index contributed by atoms with van der Waals surface area (Å²) >= 11 is 0. The second kappa shape index (κ2) is 10.7. The van der Waals surface area contributed by atoms with Crippen LogP contribution in [-0.4, -0.2) is 48.2 Å². The minimum Gasteiger partial charge on any atom is -0.480 e. The molecule has 1 aliphatic rings. The van der Waals surface area contributed by atoms with Crippen molar-refractivity contribution < 1.29 is 33.8 Å². The van der Waals surface area contributed by atoms with E-state index in [2.05, 4.69) is 5.32 Å². The molecule has 0 aromatic rings. The van der Waals surface area contributed by atoms with Gasteiger partial charge in [0, 0.05) is 6.42 Å². The molecular weight excluding hydrogens is 330 g/mol. The van der Waals surface area contributed by atoms with Crippen molar-refractivity contribution in [1.82, 2.24) is 5.32 Å². The second-order valence-corrected chi connectivity index (χ2v) is 6.11. The van der Waals surface area contributed by atoms with Gasteiger partial charge in [0.15, 0.2) is 0 Å². The Hall–Kier alpha value is -2.12. The third-order valence-corrected chi connectivity index (χ3v) is 4.21. The van der Waals surface area contributed by atoms with Gasteiger partial charge in [-0.3, -0.25) is 14.4 Å². The zero-order chi connectivity index (χ0) is 18.8. The first-order valence-electron chi connectivity index (χ1n) is 8.73. The van der Waals surface area contributed by atoms with Crippen molar-refractivity contribution in [1.29, 1.82) is 0 Å². The van der Waals surface area contributed by atoms with E-state index >= 15 is 0 Å². The molecule has 0 heterocycles. The Kier molecular flexibility index (Phi) is 8.94. The first-order valence-corrected chi connectivity index (χ1v) is 8.73. The van der Waals surface area contributed by atoms with Crippen molar-refractivity contribution >= 4 is 23.8 Å². The van der Waals surface area contributed by atoms with Gasteiger partial charge in [-0.1, -0.05) is 12.8 Å². The molecule has 142 valence electrons. The number of carbonyl (C=O) groups is 4. The van der Waals surface area contributed by atoms with Crippen LogP contribution in [0.1, 0.15) is 52.4 Å². The summed E-state index contributed by atoms with van der Waals surface area (Å²) in [6, 6.07) is -1.53. The van der Waals surface area contributed by atoms with Crippen LogP contribution >= 0.6 is 0 Å². The number of hydrogen-bond donors (Lipinski definition) is 2. The van der Waals surface area contributed by atoms with Gasteiger partial charge in [-0.05, 0) is 32.6 Å². The summed E-state index contributed by atoms with van der Waals surface area (Å²) in [7, 11) is 0. The number of carbonyl (C=O) groups excluding carboxylic acids is 3. The molecule has 0 radical (unpaired) electrons. The van der Waals surface area contributed by atoms with Crippen LogP contribution in [0.3, 0.4) is 0 Å². The fraction of sp³-hybridized carbons (Fsp3) is 0.765. The summed E-state index contributed by atoms with van der Waals surface area (Å²) in [5.41, 5.74) is 0. The molecule has 1 aliphatic carbocycles. The van der Waals surface area contributed by atoms with Crippen LogP contribution in [0, 0.1) is 11.8 Å². The lowest BCUT2D eigenvalue weighted by Crippen LogP contribution is -2.50. The number of nitrogens with one attached hydrogen (secondary N) is 1. The van der Waals surface area contributed by atoms with E-state index < -0.39 is 42.2 Å². The van der Waals surface area contributed by atoms with E-state index in [1.807, 2.05) is 0 Å². The number of carboxylic acids is 1. The second-order valence-electron chi connectivity index (χ2n) is 6.11. The Morgan fingerprint density at radius 2 is 1.68 bits per heavy atom. The molecule has 8 heteroatoms. The molecule has 1 fully saturated rings. The highest BCUT2D eigenvalue weighted by Crippen LogP contribution is 2.27. The molecule has 1 rings (SSSR count). The third-order valence-electron chi connectivity index (χ3n) is 4.21. The molecule has 0 unspecified atom stereocenters. The number of esters is 2. The molecule has 0 aromatic carbocycles. The van der Waals surface area contributed by atoms with Crippen molar-refractivity contribution in [2.75, 3.05) is 13.2 Å². The number of hydrogen-bond acceptors (Lipinski definition) is 6. The topological polar surface area (TPSA) is 119 Å². The molecule has 0 bridgehead atoms. The largest absolute Gasteiger partial charge is 0.480 e. The molecule has 25 heavy (non-hydrogen) atoms. The fourth-order valence-corrected chi connectivity index (χ4v) is 3.03. The van der Waals surface area contributed by atoms with Crippen LogP contribution in [0.15, 0.2) is 0 Å². The van der Waals surface area contributed by atoms with Gasteiger partial charge in [0.1, 0.15) is 6.04 Å². The molecular formula is C17H27NO7. The highest BCUT2D eigenvalue weighted by molar-refractivity contribution is 5.90. The fourth-order valence-electron chi connectivity index (χ4n) is 3.03. The quantitative estimate of drug-likeness (QED) is 0.565. The molecule has 0 aromatic heterocycles. The van der Waals surface area contributed by atoms with E-state index in [1.165, 1.54) is 0 Å². The molecule has 2 N–H and O–H groups in total. The van der Waals surface area contributed by atoms with Crippen molar-refractivity contribution in [2.45, 2.75) is 58.4 Å². The summed E-state index contributed by atoms with van der Waals surface area (Å²) in [5.74, 6) is -4.47. The summed E-state index contributed by atoms with van der Waals surface area (Å²) in [5, 5.41) is 11.8. The molecule has 1 saturated carbocycles. The lowest BCUT2D eigenvalue weighted by atomic mass is 9.95. The maximum Gasteiger partial charge on any atom is 0.327 e. The molecule has 1 amide bonds. The molecule has 0 spiro atoms. The van der Waals surface area contributed by atoms with Gasteiger partial charge in [-0.25, -0.2) is 4.79 Å². The number of carboxylic acid groups (broad SMARTS) is 1. The van der Waals surface area contributed by atoms with E-state index in [0.29, 0.717) is 0 Å². The first-order chi connectivity index (χ1) is 11.9. The Labute approximate surface area is 147 Å². The smallest absolute Gasteiger partial charge is 0.327 e. The Bertz CT molecular complexity index is 485. The normalized spacial score (nSPS) is 16.7. The van der Waals surface area contributed by atoms with Gasteiger partial charge in [-0.15, -0.1) is 0 Å². The number of aliphatic carboxylic acids is 1. The Balaban J connectivity index is 2.81. The van der Waals surface area contributed by atoms with Crippen molar-refractivity contribution in [3.63, 3.8) is 0 Å². The predicted octanol–water partition coefficient (Wildman–Crippen LogP) is 1.27. The predicted molar refractivity (Wildman–Crippen MR) is 87.5 cm³/mol. The zero-order valence-corrected chi connectivity index (χ0v) is 14.8. The van der Waals surface area contributed by atoms with Crippen LogP contribution in [0.2, 0.25) is 0 Å². The molecule has 8 nitrogen and oxygen atoms in total. The minimum atomic E-state index is -1.53. The third kappa shape index (κ3) is 7.11. The maximum absolute atomic E-state index is 12.2. The minimum absolute atomic E-state index is 0.0422. The summed E-state index contributed by atoms with van der Waals surface area (Å²) in [6.07, 6.45) is 3.76. The van der Waals surface area contributed by atoms with Crippen molar-refractivity contribution in [3.05, 3.63) is 0 Å². The highest BCUT2D eigenvalue weighted by atomic mass is 16.5. The summed E-state index contributed by atoms with van der Waals surface area (Å²) < 4.78 is 9.66. The zero-order valence-electron chi connectivity index (χ0n) is 14.8. The SMILES string of the molecule is CCOC(=O)C[C@@H](C(=O)OCC)[C@H](NC(=O)CC1CCCC1)C(=O)O. The van der Waals surface area contributed by atoms with E-state index in [-0.39, 0.29) is 25.6 Å². The van der Waals surface area contributed by atoms with E-state index in [1.54, 1.807) is 13.8 Å². The number of rotatable bonds is 10. The van der Waals surface area contributed by atoms with Crippen molar-refractivity contribution in [2.24, 2.45) is 11.8 Å². The van der Waals surface area contributed by atoms with Gasteiger partial charge in [-0.2, -0.15) is 0 Å². The average molecular weight is 357 g/mol. The van der Waals surface area contributed by atoms with Crippen LogP contribution in [0.5, 0.6) is 0 Å². The van der Waals surface area contributed by atoms with Gasteiger partial charge in [0.2, 0.25) is 5.91 Å². The summed E-state index contributed by atoms with van der Waals surface area (Å²) in [6.45, 7) is 3.34. The van der Waals surface area contributed by atoms with Crippen LogP contribution in [0.25, 0.3) is 0 Å². The Morgan fingerprint density at radius 1 is 1.08 bits per heavy atom. The average Bonchev–Trinajstić information content (AvgIpc) is 3.03. The molecule has 2 atom stereocenters. The Morgan fingerprint density at radius 3 is 2.20 bits per heavy atom. The van der Waals surface area contributed by atoms with Gasteiger partial charge >= 0.3 is 17.9 Å². The summed E-state index contributed by atoms with van der Waals surface area (Å²) in [4.78, 5) is 47.6. The van der Waals surface area contributed by atoms with Crippen LogP contribution < -0.4 is 5.32 Å². The maximum atomic E-state index is 12.2. The van der Waals surface area contributed by atoms with Gasteiger partial charge < -0.3 is 19.9 Å². The van der Waals surface area contributed by atoms with Crippen LogP contribution in [0.4, 0.5) is 0 Å². The highest BCUT2D eigenvalue weighted by Gasteiger charge is 2.38. The molecule has 0 aliphatic heterocycles. The molecule has 0 saturated heterocycles. The number of amides is 1. The lowest BCUT2D eigenvalue weighted by Gasteiger charge is -2.23. The lowest BCUT2D eigenvalue weighted by molar-refractivity contribution is -0.160. The monoisotopic (exact) mass is 357 g/mol. The first kappa shape index (κ1) is 20.9. The van der Waals surface area contributed by atoms with Gasteiger partial charge in [0.25, 0.3) is 0 Å².